The van der Waals surface area contributed by atoms with E-state index in [0.29, 0.717) is 5.56 Å². The Labute approximate surface area is 226 Å². The lowest BCUT2D eigenvalue weighted by Gasteiger charge is -2.24. The van der Waals surface area contributed by atoms with E-state index >= 15 is 0 Å². The number of rotatable bonds is 6. The maximum absolute atomic E-state index is 9.91. The zero-order chi connectivity index (χ0) is 27.0. The molecule has 0 spiro atoms. The van der Waals surface area contributed by atoms with Crippen LogP contribution in [-0.4, -0.2) is 18.7 Å². The van der Waals surface area contributed by atoms with Gasteiger partial charge in [0.05, 0.1) is 34.0 Å². The summed E-state index contributed by atoms with van der Waals surface area (Å²) < 4.78 is 2.42. The SMILES string of the molecule is CCCCc1ccc2c(c1)c1cc(C(C)(C)C)ccc1n2-c1c(-c2ccccc2)cc(C#N)cc1N(C)C. The van der Waals surface area contributed by atoms with Gasteiger partial charge in [-0.2, -0.15) is 5.26 Å². The smallest absolute Gasteiger partial charge is 0.0992 e. The Morgan fingerprint density at radius 1 is 0.842 bits per heavy atom. The van der Waals surface area contributed by atoms with Gasteiger partial charge in [0.2, 0.25) is 0 Å². The van der Waals surface area contributed by atoms with Crippen LogP contribution < -0.4 is 4.90 Å². The van der Waals surface area contributed by atoms with Gasteiger partial charge in [-0.25, -0.2) is 0 Å². The minimum atomic E-state index is 0.0564. The monoisotopic (exact) mass is 499 g/mol. The minimum absolute atomic E-state index is 0.0564. The van der Waals surface area contributed by atoms with E-state index in [1.54, 1.807) is 0 Å². The summed E-state index contributed by atoms with van der Waals surface area (Å²) in [4.78, 5) is 2.12. The summed E-state index contributed by atoms with van der Waals surface area (Å²) in [7, 11) is 4.12. The first-order valence-electron chi connectivity index (χ1n) is 13.6. The van der Waals surface area contributed by atoms with E-state index in [4.69, 9.17) is 0 Å². The minimum Gasteiger partial charge on any atom is -0.376 e. The van der Waals surface area contributed by atoms with E-state index in [9.17, 15) is 5.26 Å². The van der Waals surface area contributed by atoms with Gasteiger partial charge >= 0.3 is 0 Å². The van der Waals surface area contributed by atoms with Gasteiger partial charge in [-0.1, -0.05) is 76.6 Å². The second-order valence-corrected chi connectivity index (χ2v) is 11.5. The van der Waals surface area contributed by atoms with Crippen molar-refractivity contribution in [3.63, 3.8) is 0 Å². The highest BCUT2D eigenvalue weighted by Crippen LogP contribution is 2.42. The van der Waals surface area contributed by atoms with Crippen LogP contribution in [0.4, 0.5) is 5.69 Å². The molecule has 1 heterocycles. The zero-order valence-corrected chi connectivity index (χ0v) is 23.5. The van der Waals surface area contributed by atoms with E-state index < -0.39 is 0 Å². The van der Waals surface area contributed by atoms with Gasteiger partial charge < -0.3 is 9.47 Å². The molecule has 1 aromatic heterocycles. The molecule has 4 aromatic carbocycles. The van der Waals surface area contributed by atoms with Crippen LogP contribution >= 0.6 is 0 Å². The summed E-state index contributed by atoms with van der Waals surface area (Å²) in [5, 5.41) is 12.5. The molecule has 192 valence electrons. The summed E-state index contributed by atoms with van der Waals surface area (Å²) in [6.45, 7) is 9.08. The van der Waals surface area contributed by atoms with Crippen LogP contribution in [0.3, 0.4) is 0 Å². The molecule has 38 heavy (non-hydrogen) atoms. The van der Waals surface area contributed by atoms with Crippen LogP contribution in [-0.2, 0) is 11.8 Å². The molecule has 0 atom stereocenters. The van der Waals surface area contributed by atoms with Gasteiger partial charge in [-0.3, -0.25) is 0 Å². The van der Waals surface area contributed by atoms with Crippen molar-refractivity contribution in [1.82, 2.24) is 4.57 Å². The van der Waals surface area contributed by atoms with Crippen molar-refractivity contribution in [2.24, 2.45) is 0 Å². The number of benzene rings is 4. The molecule has 0 radical (unpaired) electrons. The molecule has 0 unspecified atom stereocenters. The van der Waals surface area contributed by atoms with Crippen molar-refractivity contribution >= 4 is 27.5 Å². The van der Waals surface area contributed by atoms with Crippen molar-refractivity contribution in [1.29, 1.82) is 5.26 Å². The number of nitriles is 1. The lowest BCUT2D eigenvalue weighted by atomic mass is 9.86. The number of anilines is 1. The second-order valence-electron chi connectivity index (χ2n) is 11.5. The van der Waals surface area contributed by atoms with Gasteiger partial charge in [0, 0.05) is 30.4 Å². The summed E-state index contributed by atoms with van der Waals surface area (Å²) >= 11 is 0. The molecule has 0 bridgehead atoms. The summed E-state index contributed by atoms with van der Waals surface area (Å²) in [6.07, 6.45) is 3.47. The number of unbranched alkanes of at least 4 members (excludes halogenated alkanes) is 1. The fourth-order valence-corrected chi connectivity index (χ4v) is 5.41. The van der Waals surface area contributed by atoms with Crippen LogP contribution in [0.2, 0.25) is 0 Å². The third kappa shape index (κ3) is 4.56. The van der Waals surface area contributed by atoms with Crippen LogP contribution in [0.5, 0.6) is 0 Å². The van der Waals surface area contributed by atoms with E-state index in [1.807, 2.05) is 18.2 Å². The molecule has 3 nitrogen and oxygen atoms in total. The molecule has 0 amide bonds. The lowest BCUT2D eigenvalue weighted by Crippen LogP contribution is -2.14. The Kier molecular flexibility index (Phi) is 6.76. The van der Waals surface area contributed by atoms with Crippen molar-refractivity contribution < 1.29 is 0 Å². The van der Waals surface area contributed by atoms with E-state index in [0.717, 1.165) is 28.9 Å². The predicted molar refractivity (Wildman–Crippen MR) is 163 cm³/mol. The fraction of sp³-hybridized carbons (Fsp3) is 0.286. The van der Waals surface area contributed by atoms with Crippen molar-refractivity contribution in [2.45, 2.75) is 52.4 Å². The van der Waals surface area contributed by atoms with Crippen molar-refractivity contribution in [2.75, 3.05) is 19.0 Å². The average molecular weight is 500 g/mol. The number of hydrogen-bond donors (Lipinski definition) is 0. The predicted octanol–water partition coefficient (Wildman–Crippen LogP) is 9.03. The largest absolute Gasteiger partial charge is 0.376 e. The lowest BCUT2D eigenvalue weighted by molar-refractivity contribution is 0.591. The highest BCUT2D eigenvalue weighted by molar-refractivity contribution is 6.11. The summed E-state index contributed by atoms with van der Waals surface area (Å²) in [5.74, 6) is 0. The number of aromatic nitrogens is 1. The summed E-state index contributed by atoms with van der Waals surface area (Å²) in [5.41, 5.74) is 10.1. The van der Waals surface area contributed by atoms with Crippen LogP contribution in [0.25, 0.3) is 38.6 Å². The Hall–Kier alpha value is -4.03. The van der Waals surface area contributed by atoms with E-state index in [1.165, 1.54) is 45.8 Å². The molecule has 0 saturated heterocycles. The van der Waals surface area contributed by atoms with Gasteiger partial charge in [-0.15, -0.1) is 0 Å². The Morgan fingerprint density at radius 3 is 2.16 bits per heavy atom. The first-order valence-corrected chi connectivity index (χ1v) is 13.6. The number of nitrogens with zero attached hydrogens (tertiary/aromatic N) is 3. The number of hydrogen-bond acceptors (Lipinski definition) is 2. The maximum atomic E-state index is 9.91. The molecule has 5 aromatic rings. The van der Waals surface area contributed by atoms with Gasteiger partial charge in [-0.05, 0) is 71.3 Å². The molecule has 5 rings (SSSR count). The maximum Gasteiger partial charge on any atom is 0.0992 e. The number of fused-ring (bicyclic) bond motifs is 3. The number of aryl methyl sites for hydroxylation is 1. The highest BCUT2D eigenvalue weighted by atomic mass is 15.1. The Bertz CT molecular complexity index is 1660. The Morgan fingerprint density at radius 2 is 1.53 bits per heavy atom. The first-order chi connectivity index (χ1) is 18.2. The zero-order valence-electron chi connectivity index (χ0n) is 23.5. The fourth-order valence-electron chi connectivity index (χ4n) is 5.41. The average Bonchev–Trinajstić information content (AvgIpc) is 3.23. The van der Waals surface area contributed by atoms with E-state index in [2.05, 4.69) is 118 Å². The Balaban J connectivity index is 1.94. The summed E-state index contributed by atoms with van der Waals surface area (Å²) in [6, 6.07) is 30.8. The van der Waals surface area contributed by atoms with Crippen molar-refractivity contribution in [3.8, 4) is 22.9 Å². The molecule has 0 N–H and O–H groups in total. The first kappa shape index (κ1) is 25.6. The normalized spacial score (nSPS) is 11.7. The standard InChI is InChI=1S/C35H37N3/c1-7-8-12-24-15-17-31-29(19-24)30-22-27(35(2,3)4)16-18-32(30)38(31)34-28(26-13-10-9-11-14-26)20-25(23-36)21-33(34)37(5)6/h9-11,13-22H,7-8,12H2,1-6H3. The molecule has 0 aliphatic carbocycles. The van der Waals surface area contributed by atoms with Crippen LogP contribution in [0.1, 0.15) is 57.2 Å². The molecular formula is C35H37N3. The molecular weight excluding hydrogens is 462 g/mol. The topological polar surface area (TPSA) is 32.0 Å². The molecule has 3 heteroatoms. The third-order valence-corrected chi connectivity index (χ3v) is 7.52. The van der Waals surface area contributed by atoms with Crippen LogP contribution in [0, 0.1) is 11.3 Å². The molecule has 0 aliphatic rings. The highest BCUT2D eigenvalue weighted by Gasteiger charge is 2.23. The van der Waals surface area contributed by atoms with Crippen LogP contribution in [0.15, 0.2) is 78.9 Å². The van der Waals surface area contributed by atoms with Gasteiger partial charge in [0.25, 0.3) is 0 Å². The molecule has 0 aliphatic heterocycles. The quantitative estimate of drug-likeness (QED) is 0.233. The third-order valence-electron chi connectivity index (χ3n) is 7.52. The van der Waals surface area contributed by atoms with Gasteiger partial charge in [0.15, 0.2) is 0 Å². The second kappa shape index (κ2) is 10.0. The van der Waals surface area contributed by atoms with Gasteiger partial charge in [0.1, 0.15) is 0 Å². The molecule has 0 saturated carbocycles. The van der Waals surface area contributed by atoms with Crippen molar-refractivity contribution in [3.05, 3.63) is 95.6 Å². The van der Waals surface area contributed by atoms with E-state index in [-0.39, 0.29) is 5.41 Å². The molecule has 0 fully saturated rings.